The van der Waals surface area contributed by atoms with Crippen LogP contribution >= 0.6 is 11.6 Å². The SMILES string of the molecule is COc1ccc(-c2nocc2C=O)cc1Cl. The second-order valence-corrected chi connectivity index (χ2v) is 3.49. The number of benzene rings is 1. The summed E-state index contributed by atoms with van der Waals surface area (Å²) in [6, 6.07) is 5.14. The first-order valence-corrected chi connectivity index (χ1v) is 4.87. The molecule has 1 heterocycles. The van der Waals surface area contributed by atoms with E-state index in [9.17, 15) is 4.79 Å². The zero-order valence-corrected chi connectivity index (χ0v) is 9.19. The first-order chi connectivity index (χ1) is 7.76. The van der Waals surface area contributed by atoms with Crippen LogP contribution in [0.3, 0.4) is 0 Å². The first kappa shape index (κ1) is 10.7. The molecular weight excluding hydrogens is 230 g/mol. The van der Waals surface area contributed by atoms with Crippen molar-refractivity contribution in [3.05, 3.63) is 35.0 Å². The molecule has 0 aliphatic carbocycles. The molecule has 2 rings (SSSR count). The van der Waals surface area contributed by atoms with Gasteiger partial charge in [-0.05, 0) is 18.2 Å². The number of ether oxygens (including phenoxy) is 1. The number of rotatable bonds is 3. The minimum Gasteiger partial charge on any atom is -0.495 e. The number of carbonyl (C=O) groups excluding carboxylic acids is 1. The molecule has 82 valence electrons. The summed E-state index contributed by atoms with van der Waals surface area (Å²) in [6.07, 6.45) is 1.98. The largest absolute Gasteiger partial charge is 0.495 e. The number of methoxy groups -OCH3 is 1. The molecular formula is C11H8ClNO3. The van der Waals surface area contributed by atoms with Gasteiger partial charge in [0.05, 0.1) is 17.7 Å². The summed E-state index contributed by atoms with van der Waals surface area (Å²) in [5, 5.41) is 4.21. The van der Waals surface area contributed by atoms with Gasteiger partial charge < -0.3 is 9.26 Å². The molecule has 0 unspecified atom stereocenters. The Labute approximate surface area is 96.8 Å². The zero-order chi connectivity index (χ0) is 11.5. The standard InChI is InChI=1S/C11H8ClNO3/c1-15-10-3-2-7(4-9(10)12)11-8(5-14)6-16-13-11/h2-6H,1H3. The Morgan fingerprint density at radius 1 is 1.50 bits per heavy atom. The number of aldehydes is 1. The van der Waals surface area contributed by atoms with Crippen molar-refractivity contribution in [1.29, 1.82) is 0 Å². The van der Waals surface area contributed by atoms with Crippen molar-refractivity contribution in [3.8, 4) is 17.0 Å². The number of nitrogens with zero attached hydrogens (tertiary/aromatic N) is 1. The van der Waals surface area contributed by atoms with E-state index in [4.69, 9.17) is 20.9 Å². The normalized spacial score (nSPS) is 10.1. The van der Waals surface area contributed by atoms with Crippen LogP contribution in [-0.4, -0.2) is 18.6 Å². The van der Waals surface area contributed by atoms with Crippen molar-refractivity contribution < 1.29 is 14.1 Å². The molecule has 0 aliphatic rings. The Balaban J connectivity index is 2.49. The van der Waals surface area contributed by atoms with Gasteiger partial charge >= 0.3 is 0 Å². The molecule has 0 N–H and O–H groups in total. The minimum atomic E-state index is 0.390. The molecule has 5 heteroatoms. The Kier molecular flexibility index (Phi) is 2.92. The molecule has 0 atom stereocenters. The van der Waals surface area contributed by atoms with E-state index >= 15 is 0 Å². The van der Waals surface area contributed by atoms with Gasteiger partial charge in [0.1, 0.15) is 17.7 Å². The van der Waals surface area contributed by atoms with Crippen molar-refractivity contribution in [2.24, 2.45) is 0 Å². The topological polar surface area (TPSA) is 52.3 Å². The number of hydrogen-bond donors (Lipinski definition) is 0. The fourth-order valence-electron chi connectivity index (χ4n) is 1.36. The quantitative estimate of drug-likeness (QED) is 0.771. The average Bonchev–Trinajstić information content (AvgIpc) is 2.77. The van der Waals surface area contributed by atoms with Crippen molar-refractivity contribution >= 4 is 17.9 Å². The highest BCUT2D eigenvalue weighted by atomic mass is 35.5. The van der Waals surface area contributed by atoms with E-state index in [1.807, 2.05) is 0 Å². The van der Waals surface area contributed by atoms with Crippen LogP contribution in [0.15, 0.2) is 29.0 Å². The lowest BCUT2D eigenvalue weighted by Crippen LogP contribution is -1.87. The van der Waals surface area contributed by atoms with Crippen LogP contribution in [-0.2, 0) is 0 Å². The predicted molar refractivity (Wildman–Crippen MR) is 58.9 cm³/mol. The molecule has 0 radical (unpaired) electrons. The number of halogens is 1. The van der Waals surface area contributed by atoms with Crippen LogP contribution in [0, 0.1) is 0 Å². The van der Waals surface area contributed by atoms with E-state index < -0.39 is 0 Å². The molecule has 1 aromatic carbocycles. The van der Waals surface area contributed by atoms with Gasteiger partial charge in [0.25, 0.3) is 0 Å². The van der Waals surface area contributed by atoms with Crippen LogP contribution in [0.25, 0.3) is 11.3 Å². The van der Waals surface area contributed by atoms with E-state index in [0.29, 0.717) is 33.9 Å². The predicted octanol–water partition coefficient (Wildman–Crippen LogP) is 2.82. The van der Waals surface area contributed by atoms with E-state index in [0.717, 1.165) is 0 Å². The fraction of sp³-hybridized carbons (Fsp3) is 0.0909. The maximum Gasteiger partial charge on any atom is 0.155 e. The van der Waals surface area contributed by atoms with E-state index in [1.165, 1.54) is 13.4 Å². The lowest BCUT2D eigenvalue weighted by molar-refractivity contribution is 0.112. The maximum absolute atomic E-state index is 10.7. The molecule has 0 spiro atoms. The Hall–Kier alpha value is -1.81. The van der Waals surface area contributed by atoms with Gasteiger partial charge in [-0.3, -0.25) is 4.79 Å². The van der Waals surface area contributed by atoms with E-state index in [-0.39, 0.29) is 0 Å². The summed E-state index contributed by atoms with van der Waals surface area (Å²) in [5.41, 5.74) is 1.57. The monoisotopic (exact) mass is 237 g/mol. The van der Waals surface area contributed by atoms with Gasteiger partial charge in [-0.2, -0.15) is 0 Å². The van der Waals surface area contributed by atoms with Crippen molar-refractivity contribution in [2.45, 2.75) is 0 Å². The summed E-state index contributed by atoms with van der Waals surface area (Å²) in [5.74, 6) is 0.571. The molecule has 0 bridgehead atoms. The van der Waals surface area contributed by atoms with Gasteiger partial charge in [0, 0.05) is 5.56 Å². The van der Waals surface area contributed by atoms with Gasteiger partial charge in [0.2, 0.25) is 0 Å². The van der Waals surface area contributed by atoms with Gasteiger partial charge in [0.15, 0.2) is 6.29 Å². The Morgan fingerprint density at radius 3 is 2.94 bits per heavy atom. The zero-order valence-electron chi connectivity index (χ0n) is 8.44. The Bertz CT molecular complexity index is 522. The van der Waals surface area contributed by atoms with Crippen LogP contribution in [0.5, 0.6) is 5.75 Å². The summed E-state index contributed by atoms with van der Waals surface area (Å²) >= 11 is 5.97. The summed E-state index contributed by atoms with van der Waals surface area (Å²) < 4.78 is 9.76. The molecule has 2 aromatic rings. The lowest BCUT2D eigenvalue weighted by atomic mass is 10.1. The van der Waals surface area contributed by atoms with Gasteiger partial charge in [-0.15, -0.1) is 0 Å². The fourth-order valence-corrected chi connectivity index (χ4v) is 1.62. The highest BCUT2D eigenvalue weighted by Gasteiger charge is 2.11. The molecule has 0 saturated heterocycles. The molecule has 1 aromatic heterocycles. The van der Waals surface area contributed by atoms with Crippen molar-refractivity contribution in [3.63, 3.8) is 0 Å². The van der Waals surface area contributed by atoms with Crippen LogP contribution in [0.4, 0.5) is 0 Å². The first-order valence-electron chi connectivity index (χ1n) is 4.49. The van der Waals surface area contributed by atoms with Crippen LogP contribution in [0.2, 0.25) is 5.02 Å². The number of carbonyl (C=O) groups is 1. The highest BCUT2D eigenvalue weighted by Crippen LogP contribution is 2.30. The van der Waals surface area contributed by atoms with Gasteiger partial charge in [-0.1, -0.05) is 16.8 Å². The summed E-state index contributed by atoms with van der Waals surface area (Å²) in [7, 11) is 1.54. The second kappa shape index (κ2) is 4.37. The smallest absolute Gasteiger partial charge is 0.155 e. The highest BCUT2D eigenvalue weighted by molar-refractivity contribution is 6.32. The minimum absolute atomic E-state index is 0.390. The lowest BCUT2D eigenvalue weighted by Gasteiger charge is -2.04. The van der Waals surface area contributed by atoms with Crippen LogP contribution in [0.1, 0.15) is 10.4 Å². The molecule has 16 heavy (non-hydrogen) atoms. The Morgan fingerprint density at radius 2 is 2.31 bits per heavy atom. The third kappa shape index (κ3) is 1.79. The maximum atomic E-state index is 10.7. The van der Waals surface area contributed by atoms with E-state index in [2.05, 4.69) is 5.16 Å². The molecule has 4 nitrogen and oxygen atoms in total. The van der Waals surface area contributed by atoms with Crippen molar-refractivity contribution in [1.82, 2.24) is 5.16 Å². The van der Waals surface area contributed by atoms with Crippen molar-refractivity contribution in [2.75, 3.05) is 7.11 Å². The van der Waals surface area contributed by atoms with Gasteiger partial charge in [-0.25, -0.2) is 0 Å². The summed E-state index contributed by atoms with van der Waals surface area (Å²) in [4.78, 5) is 10.7. The third-order valence-corrected chi connectivity index (χ3v) is 2.44. The average molecular weight is 238 g/mol. The number of hydrogen-bond acceptors (Lipinski definition) is 4. The molecule has 0 fully saturated rings. The van der Waals surface area contributed by atoms with Crippen LogP contribution < -0.4 is 4.74 Å². The van der Waals surface area contributed by atoms with E-state index in [1.54, 1.807) is 18.2 Å². The summed E-state index contributed by atoms with van der Waals surface area (Å²) in [6.45, 7) is 0. The third-order valence-electron chi connectivity index (χ3n) is 2.15. The molecule has 0 saturated carbocycles. The molecule has 0 aliphatic heterocycles. The second-order valence-electron chi connectivity index (χ2n) is 3.09. The number of aromatic nitrogens is 1. The molecule has 0 amide bonds.